The highest BCUT2D eigenvalue weighted by atomic mass is 32.2. The van der Waals surface area contributed by atoms with Gasteiger partial charge in [0.05, 0.1) is 24.3 Å². The zero-order valence-electron chi connectivity index (χ0n) is 12.5. The van der Waals surface area contributed by atoms with E-state index in [2.05, 4.69) is 25.8 Å². The van der Waals surface area contributed by atoms with Gasteiger partial charge in [0.15, 0.2) is 0 Å². The highest BCUT2D eigenvalue weighted by Gasteiger charge is 2.23. The summed E-state index contributed by atoms with van der Waals surface area (Å²) in [6, 6.07) is 7.85. The summed E-state index contributed by atoms with van der Waals surface area (Å²) in [4.78, 5) is 4.38. The molecule has 3 rings (SSSR count). The van der Waals surface area contributed by atoms with Gasteiger partial charge in [0.1, 0.15) is 0 Å². The lowest BCUT2D eigenvalue weighted by atomic mass is 10.3. The maximum Gasteiger partial charge on any atom is 0.232 e. The summed E-state index contributed by atoms with van der Waals surface area (Å²) in [6.45, 7) is 2.26. The van der Waals surface area contributed by atoms with Crippen LogP contribution in [0, 0.1) is 0 Å². The van der Waals surface area contributed by atoms with Crippen LogP contribution in [0.2, 0.25) is 0 Å². The molecule has 0 saturated heterocycles. The smallest absolute Gasteiger partial charge is 0.232 e. The third kappa shape index (κ3) is 3.79. The van der Waals surface area contributed by atoms with Crippen molar-refractivity contribution < 1.29 is 8.42 Å². The van der Waals surface area contributed by atoms with Crippen LogP contribution in [-0.2, 0) is 16.6 Å². The van der Waals surface area contributed by atoms with Gasteiger partial charge in [0, 0.05) is 23.6 Å². The zero-order chi connectivity index (χ0) is 15.6. The van der Waals surface area contributed by atoms with Crippen LogP contribution in [0.15, 0.2) is 36.8 Å². The van der Waals surface area contributed by atoms with E-state index < -0.39 is 10.0 Å². The molecule has 1 saturated carbocycles. The lowest BCUT2D eigenvalue weighted by molar-refractivity contribution is 0.602. The molecule has 0 atom stereocenters. The van der Waals surface area contributed by atoms with Gasteiger partial charge in [-0.15, -0.1) is 0 Å². The molecule has 0 bridgehead atoms. The highest BCUT2D eigenvalue weighted by Crippen LogP contribution is 2.34. The van der Waals surface area contributed by atoms with Gasteiger partial charge in [-0.05, 0) is 44.0 Å². The summed E-state index contributed by atoms with van der Waals surface area (Å²) >= 11 is 0. The second-order valence-electron chi connectivity index (χ2n) is 5.48. The molecule has 1 aliphatic carbocycles. The first-order valence-corrected chi connectivity index (χ1v) is 9.08. The molecule has 0 unspecified atom stereocenters. The SMILES string of the molecule is CCS(=O)(=O)Nc1ccc(NCc2cn(C3CC3)cn2)cc1. The fourth-order valence-electron chi connectivity index (χ4n) is 2.14. The van der Waals surface area contributed by atoms with E-state index in [0.29, 0.717) is 18.3 Å². The number of anilines is 2. The van der Waals surface area contributed by atoms with Crippen LogP contribution in [0.1, 0.15) is 31.5 Å². The average Bonchev–Trinajstić information content (AvgIpc) is 3.25. The van der Waals surface area contributed by atoms with Gasteiger partial charge >= 0.3 is 0 Å². The first kappa shape index (κ1) is 14.9. The molecule has 1 aromatic carbocycles. The Kier molecular flexibility index (Phi) is 4.06. The number of benzene rings is 1. The number of sulfonamides is 1. The summed E-state index contributed by atoms with van der Waals surface area (Å²) < 4.78 is 27.7. The van der Waals surface area contributed by atoms with Gasteiger partial charge in [-0.25, -0.2) is 13.4 Å². The minimum absolute atomic E-state index is 0.0661. The van der Waals surface area contributed by atoms with Crippen molar-refractivity contribution in [2.75, 3.05) is 15.8 Å². The first-order valence-electron chi connectivity index (χ1n) is 7.42. The lowest BCUT2D eigenvalue weighted by Gasteiger charge is -2.08. The summed E-state index contributed by atoms with van der Waals surface area (Å²) in [6.07, 6.45) is 6.46. The predicted molar refractivity (Wildman–Crippen MR) is 87.4 cm³/mol. The predicted octanol–water partition coefficient (Wildman–Crippen LogP) is 2.59. The Labute approximate surface area is 130 Å². The third-order valence-electron chi connectivity index (χ3n) is 3.64. The fourth-order valence-corrected chi connectivity index (χ4v) is 2.78. The Morgan fingerprint density at radius 2 is 1.91 bits per heavy atom. The molecule has 1 aromatic heterocycles. The second-order valence-corrected chi connectivity index (χ2v) is 7.49. The van der Waals surface area contributed by atoms with Crippen LogP contribution < -0.4 is 10.0 Å². The average molecular weight is 320 g/mol. The minimum Gasteiger partial charge on any atom is -0.379 e. The van der Waals surface area contributed by atoms with E-state index in [9.17, 15) is 8.42 Å². The molecule has 0 aliphatic heterocycles. The topological polar surface area (TPSA) is 76.0 Å². The monoisotopic (exact) mass is 320 g/mol. The van der Waals surface area contributed by atoms with Gasteiger partial charge in [0.2, 0.25) is 10.0 Å². The quantitative estimate of drug-likeness (QED) is 0.822. The maximum absolute atomic E-state index is 11.5. The Bertz CT molecular complexity index is 733. The summed E-state index contributed by atoms with van der Waals surface area (Å²) in [5, 5.41) is 3.28. The Morgan fingerprint density at radius 3 is 2.55 bits per heavy atom. The number of hydrogen-bond acceptors (Lipinski definition) is 4. The largest absolute Gasteiger partial charge is 0.379 e. The van der Waals surface area contributed by atoms with E-state index in [-0.39, 0.29) is 5.75 Å². The Balaban J connectivity index is 1.56. The van der Waals surface area contributed by atoms with Crippen molar-refractivity contribution >= 4 is 21.4 Å². The van der Waals surface area contributed by atoms with E-state index in [0.717, 1.165) is 11.4 Å². The molecular formula is C15H20N4O2S. The number of rotatable bonds is 7. The molecule has 2 N–H and O–H groups in total. The van der Waals surface area contributed by atoms with E-state index >= 15 is 0 Å². The van der Waals surface area contributed by atoms with Gasteiger partial charge in [-0.1, -0.05) is 0 Å². The summed E-state index contributed by atoms with van der Waals surface area (Å²) in [5.41, 5.74) is 2.51. The van der Waals surface area contributed by atoms with Crippen LogP contribution in [0.4, 0.5) is 11.4 Å². The van der Waals surface area contributed by atoms with Crippen LogP contribution in [0.3, 0.4) is 0 Å². The van der Waals surface area contributed by atoms with Crippen molar-refractivity contribution in [3.05, 3.63) is 42.5 Å². The molecule has 1 heterocycles. The van der Waals surface area contributed by atoms with Crippen LogP contribution in [0.5, 0.6) is 0 Å². The molecule has 0 spiro atoms. The van der Waals surface area contributed by atoms with E-state index in [1.807, 2.05) is 18.5 Å². The Hall–Kier alpha value is -2.02. The van der Waals surface area contributed by atoms with E-state index in [4.69, 9.17) is 0 Å². The molecule has 1 fully saturated rings. The summed E-state index contributed by atoms with van der Waals surface area (Å²) in [7, 11) is -3.22. The van der Waals surface area contributed by atoms with Gasteiger partial charge in [-0.3, -0.25) is 4.72 Å². The standard InChI is InChI=1S/C15H20N4O2S/c1-2-22(20,21)18-13-5-3-12(4-6-13)16-9-14-10-19(11-17-14)15-7-8-15/h3-6,10-11,15-16,18H,2,7-9H2,1H3. The summed E-state index contributed by atoms with van der Waals surface area (Å²) in [5.74, 6) is 0.0661. The van der Waals surface area contributed by atoms with E-state index in [1.165, 1.54) is 12.8 Å². The molecule has 7 heteroatoms. The van der Waals surface area contributed by atoms with Crippen molar-refractivity contribution in [1.82, 2.24) is 9.55 Å². The normalized spacial score (nSPS) is 14.8. The maximum atomic E-state index is 11.5. The van der Waals surface area contributed by atoms with Crippen molar-refractivity contribution in [2.24, 2.45) is 0 Å². The third-order valence-corrected chi connectivity index (χ3v) is 4.94. The van der Waals surface area contributed by atoms with Crippen molar-refractivity contribution in [1.29, 1.82) is 0 Å². The van der Waals surface area contributed by atoms with Crippen molar-refractivity contribution in [2.45, 2.75) is 32.4 Å². The van der Waals surface area contributed by atoms with Crippen LogP contribution in [-0.4, -0.2) is 23.7 Å². The van der Waals surface area contributed by atoms with Gasteiger partial charge in [-0.2, -0.15) is 0 Å². The van der Waals surface area contributed by atoms with Crippen molar-refractivity contribution in [3.8, 4) is 0 Å². The van der Waals surface area contributed by atoms with Crippen LogP contribution in [0.25, 0.3) is 0 Å². The minimum atomic E-state index is -3.22. The first-order chi connectivity index (χ1) is 10.6. The van der Waals surface area contributed by atoms with Gasteiger partial charge < -0.3 is 9.88 Å². The molecule has 1 aliphatic rings. The molecule has 6 nitrogen and oxygen atoms in total. The lowest BCUT2D eigenvalue weighted by Crippen LogP contribution is -2.14. The molecular weight excluding hydrogens is 300 g/mol. The Morgan fingerprint density at radius 1 is 1.23 bits per heavy atom. The molecule has 0 amide bonds. The van der Waals surface area contributed by atoms with E-state index in [1.54, 1.807) is 19.1 Å². The number of nitrogens with one attached hydrogen (secondary N) is 2. The van der Waals surface area contributed by atoms with Crippen molar-refractivity contribution in [3.63, 3.8) is 0 Å². The number of nitrogens with zero attached hydrogens (tertiary/aromatic N) is 2. The molecule has 22 heavy (non-hydrogen) atoms. The number of aromatic nitrogens is 2. The number of imidazole rings is 1. The van der Waals surface area contributed by atoms with Crippen LogP contribution >= 0.6 is 0 Å². The fraction of sp³-hybridized carbons (Fsp3) is 0.400. The second kappa shape index (κ2) is 6.00. The van der Waals surface area contributed by atoms with Gasteiger partial charge in [0.25, 0.3) is 0 Å². The molecule has 2 aromatic rings. The molecule has 118 valence electrons. The molecule has 0 radical (unpaired) electrons. The highest BCUT2D eigenvalue weighted by molar-refractivity contribution is 7.92. The zero-order valence-corrected chi connectivity index (χ0v) is 13.3. The number of hydrogen-bond donors (Lipinski definition) is 2.